The number of carbonyl (C=O) groups is 1. The van der Waals surface area contributed by atoms with Crippen LogP contribution in [0.15, 0.2) is 42.6 Å². The minimum absolute atomic E-state index is 0.334. The molecular formula is C18H19F3N4O2. The number of hydrogen-bond donors (Lipinski definition) is 2. The van der Waals surface area contributed by atoms with E-state index in [9.17, 15) is 18.0 Å². The molecule has 0 spiro atoms. The number of hydrogen-bond acceptors (Lipinski definition) is 5. The number of aromatic nitrogens is 1. The van der Waals surface area contributed by atoms with Gasteiger partial charge < -0.3 is 9.64 Å². The second-order valence-corrected chi connectivity index (χ2v) is 6.18. The van der Waals surface area contributed by atoms with E-state index in [1.807, 2.05) is 12.1 Å². The van der Waals surface area contributed by atoms with Crippen molar-refractivity contribution < 1.29 is 22.7 Å². The molecule has 0 unspecified atom stereocenters. The smallest absolute Gasteiger partial charge is 0.421 e. The van der Waals surface area contributed by atoms with Gasteiger partial charge in [-0.3, -0.25) is 10.2 Å². The molecule has 9 heteroatoms. The van der Waals surface area contributed by atoms with Gasteiger partial charge >= 0.3 is 6.18 Å². The van der Waals surface area contributed by atoms with Crippen LogP contribution >= 0.6 is 0 Å². The van der Waals surface area contributed by atoms with E-state index in [0.29, 0.717) is 31.5 Å². The first kappa shape index (κ1) is 19.0. The Morgan fingerprint density at radius 2 is 1.85 bits per heavy atom. The zero-order valence-corrected chi connectivity index (χ0v) is 14.4. The van der Waals surface area contributed by atoms with Gasteiger partial charge in [0.15, 0.2) is 0 Å². The zero-order valence-electron chi connectivity index (χ0n) is 14.4. The second-order valence-electron chi connectivity index (χ2n) is 6.18. The van der Waals surface area contributed by atoms with E-state index in [0.717, 1.165) is 11.8 Å². The first-order valence-electron chi connectivity index (χ1n) is 8.43. The molecule has 0 bridgehead atoms. The van der Waals surface area contributed by atoms with Gasteiger partial charge in [0.2, 0.25) is 5.88 Å². The fourth-order valence-corrected chi connectivity index (χ4v) is 3.00. The Morgan fingerprint density at radius 3 is 2.44 bits per heavy atom. The van der Waals surface area contributed by atoms with Crippen LogP contribution in [0, 0.1) is 0 Å². The number of rotatable bonds is 4. The molecule has 2 aromatic rings. The highest BCUT2D eigenvalue weighted by Crippen LogP contribution is 2.35. The van der Waals surface area contributed by atoms with Crippen molar-refractivity contribution >= 4 is 11.6 Å². The number of nitrogens with two attached hydrogens (primary N) is 1. The minimum atomic E-state index is -4.50. The summed E-state index contributed by atoms with van der Waals surface area (Å²) in [4.78, 5) is 17.3. The van der Waals surface area contributed by atoms with E-state index in [4.69, 9.17) is 10.6 Å². The maximum Gasteiger partial charge on any atom is 0.421 e. The molecule has 3 rings (SSSR count). The van der Waals surface area contributed by atoms with Crippen LogP contribution in [-0.4, -0.2) is 30.1 Å². The molecule has 1 aliphatic heterocycles. The van der Waals surface area contributed by atoms with Crippen LogP contribution in [-0.2, 0) is 6.18 Å². The highest BCUT2D eigenvalue weighted by atomic mass is 19.4. The topological polar surface area (TPSA) is 80.5 Å². The standard InChI is InChI=1S/C18H19F3N4O2/c19-18(20,21)15-2-1-9-23-17(15)27-14-7-10-25(11-8-14)13-5-3-12(4-6-13)16(26)24-22/h1-6,9,14H,7-8,10-11,22H2,(H,24,26). The van der Waals surface area contributed by atoms with Crippen molar-refractivity contribution in [2.75, 3.05) is 18.0 Å². The highest BCUT2D eigenvalue weighted by Gasteiger charge is 2.36. The van der Waals surface area contributed by atoms with Crippen molar-refractivity contribution in [2.24, 2.45) is 5.84 Å². The molecule has 0 radical (unpaired) electrons. The summed E-state index contributed by atoms with van der Waals surface area (Å²) in [5.74, 6) is 4.36. The van der Waals surface area contributed by atoms with Gasteiger partial charge in [-0.15, -0.1) is 0 Å². The van der Waals surface area contributed by atoms with Gasteiger partial charge in [-0.25, -0.2) is 10.8 Å². The van der Waals surface area contributed by atoms with Crippen LogP contribution in [0.3, 0.4) is 0 Å². The molecular weight excluding hydrogens is 361 g/mol. The molecule has 1 amide bonds. The van der Waals surface area contributed by atoms with Gasteiger partial charge in [-0.1, -0.05) is 0 Å². The largest absolute Gasteiger partial charge is 0.474 e. The Kier molecular flexibility index (Phi) is 5.50. The summed E-state index contributed by atoms with van der Waals surface area (Å²) >= 11 is 0. The lowest BCUT2D eigenvalue weighted by atomic mass is 10.1. The van der Waals surface area contributed by atoms with Crippen LogP contribution in [0.4, 0.5) is 18.9 Å². The Balaban J connectivity index is 1.61. The Bertz CT molecular complexity index is 788. The zero-order chi connectivity index (χ0) is 19.4. The van der Waals surface area contributed by atoms with Gasteiger partial charge in [-0.05, 0) is 36.4 Å². The summed E-state index contributed by atoms with van der Waals surface area (Å²) in [6, 6.07) is 9.18. The quantitative estimate of drug-likeness (QED) is 0.484. The number of carbonyl (C=O) groups excluding carboxylic acids is 1. The lowest BCUT2D eigenvalue weighted by molar-refractivity contribution is -0.139. The van der Waals surface area contributed by atoms with Crippen LogP contribution in [0.25, 0.3) is 0 Å². The van der Waals surface area contributed by atoms with Crippen molar-refractivity contribution in [1.29, 1.82) is 0 Å². The molecule has 144 valence electrons. The van der Waals surface area contributed by atoms with E-state index in [-0.39, 0.29) is 17.9 Å². The molecule has 27 heavy (non-hydrogen) atoms. The van der Waals surface area contributed by atoms with Crippen LogP contribution in [0.1, 0.15) is 28.8 Å². The predicted octanol–water partition coefficient (Wildman–Crippen LogP) is 2.75. The van der Waals surface area contributed by atoms with Gasteiger partial charge in [0.05, 0.1) is 0 Å². The summed E-state index contributed by atoms with van der Waals surface area (Å²) in [5, 5.41) is 0. The summed E-state index contributed by atoms with van der Waals surface area (Å²) in [6.07, 6.45) is -2.40. The van der Waals surface area contributed by atoms with E-state index in [2.05, 4.69) is 15.3 Å². The average Bonchev–Trinajstić information content (AvgIpc) is 2.68. The third-order valence-corrected chi connectivity index (χ3v) is 4.42. The minimum Gasteiger partial charge on any atom is -0.474 e. The third kappa shape index (κ3) is 4.48. The SMILES string of the molecule is NNC(=O)c1ccc(N2CCC(Oc3ncccc3C(F)(F)F)CC2)cc1. The molecule has 6 nitrogen and oxygen atoms in total. The van der Waals surface area contributed by atoms with Crippen molar-refractivity contribution in [3.63, 3.8) is 0 Å². The van der Waals surface area contributed by atoms with Crippen molar-refractivity contribution in [2.45, 2.75) is 25.1 Å². The van der Waals surface area contributed by atoms with Crippen LogP contribution < -0.4 is 20.9 Å². The normalized spacial score (nSPS) is 15.5. The number of hydrazine groups is 1. The summed E-state index contributed by atoms with van der Waals surface area (Å²) in [6.45, 7) is 1.25. The molecule has 1 aromatic carbocycles. The molecule has 0 aliphatic carbocycles. The number of nitrogens with one attached hydrogen (secondary N) is 1. The molecule has 1 saturated heterocycles. The number of ether oxygens (including phenoxy) is 1. The van der Waals surface area contributed by atoms with Crippen LogP contribution in [0.5, 0.6) is 5.88 Å². The summed E-state index contributed by atoms with van der Waals surface area (Å²) < 4.78 is 44.6. The third-order valence-electron chi connectivity index (χ3n) is 4.42. The average molecular weight is 380 g/mol. The predicted molar refractivity (Wildman–Crippen MR) is 93.2 cm³/mol. The summed E-state index contributed by atoms with van der Waals surface area (Å²) in [5.41, 5.74) is 2.59. The monoisotopic (exact) mass is 380 g/mol. The van der Waals surface area contributed by atoms with Crippen LogP contribution in [0.2, 0.25) is 0 Å². The number of alkyl halides is 3. The van der Waals surface area contributed by atoms with Crippen molar-refractivity contribution in [1.82, 2.24) is 10.4 Å². The fraction of sp³-hybridized carbons (Fsp3) is 0.333. The summed E-state index contributed by atoms with van der Waals surface area (Å²) in [7, 11) is 0. The van der Waals surface area contributed by atoms with E-state index < -0.39 is 11.7 Å². The number of halogens is 3. The Labute approximate surface area is 154 Å². The first-order chi connectivity index (χ1) is 12.9. The lowest BCUT2D eigenvalue weighted by Crippen LogP contribution is -2.38. The molecule has 3 N–H and O–H groups in total. The van der Waals surface area contributed by atoms with Gasteiger partial charge in [0, 0.05) is 43.4 Å². The van der Waals surface area contributed by atoms with E-state index in [1.54, 1.807) is 12.1 Å². The number of pyridine rings is 1. The number of piperidine rings is 1. The second kappa shape index (κ2) is 7.83. The van der Waals surface area contributed by atoms with Gasteiger partial charge in [0.1, 0.15) is 11.7 Å². The number of benzene rings is 1. The molecule has 2 heterocycles. The number of amides is 1. The first-order valence-corrected chi connectivity index (χ1v) is 8.43. The molecule has 0 saturated carbocycles. The van der Waals surface area contributed by atoms with Crippen molar-refractivity contribution in [3.8, 4) is 5.88 Å². The maximum atomic E-state index is 13.0. The molecule has 1 aliphatic rings. The van der Waals surface area contributed by atoms with Gasteiger partial charge in [0.25, 0.3) is 5.91 Å². The van der Waals surface area contributed by atoms with Gasteiger partial charge in [-0.2, -0.15) is 13.2 Å². The lowest BCUT2D eigenvalue weighted by Gasteiger charge is -2.33. The molecule has 0 atom stereocenters. The Hall–Kier alpha value is -2.81. The van der Waals surface area contributed by atoms with Crippen molar-refractivity contribution in [3.05, 3.63) is 53.7 Å². The fourth-order valence-electron chi connectivity index (χ4n) is 3.00. The molecule has 1 aromatic heterocycles. The number of nitrogens with zero attached hydrogens (tertiary/aromatic N) is 2. The molecule has 1 fully saturated rings. The Morgan fingerprint density at radius 1 is 1.19 bits per heavy atom. The maximum absolute atomic E-state index is 13.0. The number of nitrogen functional groups attached to an aromatic ring is 1. The number of anilines is 1. The van der Waals surface area contributed by atoms with E-state index >= 15 is 0 Å². The highest BCUT2D eigenvalue weighted by molar-refractivity contribution is 5.94. The van der Waals surface area contributed by atoms with E-state index in [1.165, 1.54) is 12.3 Å².